The predicted molar refractivity (Wildman–Crippen MR) is 120 cm³/mol. The lowest BCUT2D eigenvalue weighted by Crippen LogP contribution is -2.27. The molecule has 0 amide bonds. The first-order valence-corrected chi connectivity index (χ1v) is 10.9. The summed E-state index contributed by atoms with van der Waals surface area (Å²) < 4.78 is 4.61. The Labute approximate surface area is 175 Å². The summed E-state index contributed by atoms with van der Waals surface area (Å²) in [5.74, 6) is 1.72. The molecule has 0 bridgehead atoms. The fraction of sp³-hybridized carbons (Fsp3) is 0.440. The lowest BCUT2D eigenvalue weighted by molar-refractivity contribution is -0.753. The molecule has 2 aromatic carbocycles. The van der Waals surface area contributed by atoms with E-state index in [1.54, 1.807) is 0 Å². The molecule has 2 aromatic rings. The van der Waals surface area contributed by atoms with Crippen LogP contribution in [-0.2, 0) is 12.4 Å². The average Bonchev–Trinajstić information content (AvgIpc) is 3.04. The minimum Gasteiger partial charge on any atom is -0.173 e. The van der Waals surface area contributed by atoms with Crippen molar-refractivity contribution < 1.29 is 9.15 Å². The van der Waals surface area contributed by atoms with Crippen molar-refractivity contribution in [1.29, 1.82) is 0 Å². The van der Waals surface area contributed by atoms with Gasteiger partial charge in [0.15, 0.2) is 6.54 Å². The molecule has 0 aromatic heterocycles. The van der Waals surface area contributed by atoms with E-state index in [0.29, 0.717) is 23.9 Å². The van der Waals surface area contributed by atoms with Gasteiger partial charge in [-0.2, -0.15) is 9.15 Å². The van der Waals surface area contributed by atoms with Crippen molar-refractivity contribution in [2.75, 3.05) is 7.05 Å². The van der Waals surface area contributed by atoms with Crippen LogP contribution in [0.3, 0.4) is 0 Å². The largest absolute Gasteiger partial charge is 0.340 e. The van der Waals surface area contributed by atoms with E-state index in [1.165, 1.54) is 35.1 Å². The van der Waals surface area contributed by atoms with Crippen molar-refractivity contribution in [2.24, 2.45) is 0 Å². The summed E-state index contributed by atoms with van der Waals surface area (Å²) in [5, 5.41) is 0. The SMILES string of the molecule is CCC(CC(C)c1ccc(CCl)cc1)c1ccc(C[N+]2=CC=[N+](C)C2C)cc1. The molecule has 148 valence electrons. The highest BCUT2D eigenvalue weighted by molar-refractivity contribution is 6.17. The third kappa shape index (κ3) is 4.91. The van der Waals surface area contributed by atoms with Crippen molar-refractivity contribution in [1.82, 2.24) is 0 Å². The lowest BCUT2D eigenvalue weighted by Gasteiger charge is -2.21. The molecule has 2 nitrogen and oxygen atoms in total. The molecule has 0 radical (unpaired) electrons. The fourth-order valence-corrected chi connectivity index (χ4v) is 4.18. The van der Waals surface area contributed by atoms with Crippen LogP contribution in [0.1, 0.15) is 67.7 Å². The highest BCUT2D eigenvalue weighted by Gasteiger charge is 2.27. The molecule has 1 aliphatic rings. The van der Waals surface area contributed by atoms with E-state index >= 15 is 0 Å². The molecular weight excluding hydrogens is 364 g/mol. The maximum absolute atomic E-state index is 5.92. The number of halogens is 1. The van der Waals surface area contributed by atoms with Crippen LogP contribution in [0.15, 0.2) is 48.5 Å². The van der Waals surface area contributed by atoms with Gasteiger partial charge in [0.05, 0.1) is 6.92 Å². The van der Waals surface area contributed by atoms with E-state index in [4.69, 9.17) is 11.6 Å². The topological polar surface area (TPSA) is 6.02 Å². The Balaban J connectivity index is 1.63. The van der Waals surface area contributed by atoms with Gasteiger partial charge >= 0.3 is 6.17 Å². The molecule has 3 unspecified atom stereocenters. The normalized spacial score (nSPS) is 18.5. The van der Waals surface area contributed by atoms with Crippen molar-refractivity contribution in [3.63, 3.8) is 0 Å². The molecule has 1 heterocycles. The van der Waals surface area contributed by atoms with Crippen molar-refractivity contribution in [3.8, 4) is 0 Å². The van der Waals surface area contributed by atoms with Crippen LogP contribution < -0.4 is 0 Å². The molecule has 28 heavy (non-hydrogen) atoms. The second-order valence-electron chi connectivity index (χ2n) is 8.13. The maximum atomic E-state index is 5.92. The number of rotatable bonds is 8. The van der Waals surface area contributed by atoms with E-state index < -0.39 is 0 Å². The smallest absolute Gasteiger partial charge is 0.173 e. The average molecular weight is 397 g/mol. The second-order valence-corrected chi connectivity index (χ2v) is 8.39. The van der Waals surface area contributed by atoms with Crippen molar-refractivity contribution in [3.05, 3.63) is 70.8 Å². The highest BCUT2D eigenvalue weighted by atomic mass is 35.5. The van der Waals surface area contributed by atoms with Crippen LogP contribution in [0, 0.1) is 0 Å². The van der Waals surface area contributed by atoms with Crippen LogP contribution in [0.4, 0.5) is 0 Å². The minimum absolute atomic E-state index is 0.425. The van der Waals surface area contributed by atoms with E-state index in [2.05, 4.69) is 97.9 Å². The van der Waals surface area contributed by atoms with Crippen molar-refractivity contribution >= 4 is 24.0 Å². The van der Waals surface area contributed by atoms with Crippen LogP contribution in [0.2, 0.25) is 0 Å². The van der Waals surface area contributed by atoms with Crippen LogP contribution in [0.5, 0.6) is 0 Å². The van der Waals surface area contributed by atoms with Crippen LogP contribution >= 0.6 is 11.6 Å². The Morgan fingerprint density at radius 1 is 0.929 bits per heavy atom. The lowest BCUT2D eigenvalue weighted by atomic mass is 9.84. The summed E-state index contributed by atoms with van der Waals surface area (Å²) in [6.45, 7) is 7.84. The summed E-state index contributed by atoms with van der Waals surface area (Å²) in [6.07, 6.45) is 7.10. The number of alkyl halides is 1. The molecule has 0 spiro atoms. The summed E-state index contributed by atoms with van der Waals surface area (Å²) in [5.41, 5.74) is 5.42. The predicted octanol–water partition coefficient (Wildman–Crippen LogP) is 5.77. The molecule has 0 aliphatic carbocycles. The maximum Gasteiger partial charge on any atom is 0.340 e. The Hall–Kier alpha value is -1.93. The Bertz CT molecular complexity index is 834. The highest BCUT2D eigenvalue weighted by Crippen LogP contribution is 2.32. The fourth-order valence-electron chi connectivity index (χ4n) is 4.00. The van der Waals surface area contributed by atoms with Crippen LogP contribution in [0.25, 0.3) is 0 Å². The van der Waals surface area contributed by atoms with Gasteiger partial charge in [0.25, 0.3) is 0 Å². The van der Waals surface area contributed by atoms with Gasteiger partial charge < -0.3 is 0 Å². The van der Waals surface area contributed by atoms with Gasteiger partial charge in [0.2, 0.25) is 12.4 Å². The van der Waals surface area contributed by atoms with Gasteiger partial charge in [0, 0.05) is 11.4 Å². The molecule has 0 saturated carbocycles. The first-order valence-electron chi connectivity index (χ1n) is 10.4. The third-order valence-corrected chi connectivity index (χ3v) is 6.52. The van der Waals surface area contributed by atoms with Gasteiger partial charge in [0.1, 0.15) is 7.05 Å². The van der Waals surface area contributed by atoms with Crippen LogP contribution in [-0.4, -0.2) is 34.8 Å². The summed E-state index contributed by atoms with van der Waals surface area (Å²) >= 11 is 5.92. The van der Waals surface area contributed by atoms with Gasteiger partial charge in [-0.1, -0.05) is 62.4 Å². The molecule has 1 aliphatic heterocycles. The Morgan fingerprint density at radius 2 is 1.54 bits per heavy atom. The molecule has 0 fully saturated rings. The molecule has 3 atom stereocenters. The van der Waals surface area contributed by atoms with Gasteiger partial charge in [-0.3, -0.25) is 0 Å². The summed E-state index contributed by atoms with van der Waals surface area (Å²) in [4.78, 5) is 0. The minimum atomic E-state index is 0.425. The number of benzene rings is 2. The third-order valence-electron chi connectivity index (χ3n) is 6.21. The number of hydrogen-bond donors (Lipinski definition) is 0. The monoisotopic (exact) mass is 396 g/mol. The van der Waals surface area contributed by atoms with E-state index in [-0.39, 0.29) is 0 Å². The molecule has 0 saturated heterocycles. The Morgan fingerprint density at radius 3 is 2.07 bits per heavy atom. The Kier molecular flexibility index (Phi) is 7.07. The molecule has 3 heteroatoms. The summed E-state index contributed by atoms with van der Waals surface area (Å²) in [7, 11) is 2.13. The standard InChI is InChI=1S/C25H33ClN2/c1-5-23(16-19(2)24-10-6-21(17-26)7-11-24)25-12-8-22(9-13-25)18-28-15-14-27(4)20(28)3/h6-15,19-20,23H,5,16-18H2,1-4H3/q+2. The first kappa shape index (κ1) is 20.8. The van der Waals surface area contributed by atoms with Gasteiger partial charge in [-0.25, -0.2) is 0 Å². The molecular formula is C25H33ClN2+2. The van der Waals surface area contributed by atoms with E-state index in [9.17, 15) is 0 Å². The van der Waals surface area contributed by atoms with E-state index in [0.717, 1.165) is 6.54 Å². The first-order chi connectivity index (χ1) is 13.5. The van der Waals surface area contributed by atoms with Gasteiger partial charge in [-0.05, 0) is 41.4 Å². The summed E-state index contributed by atoms with van der Waals surface area (Å²) in [6, 6.07) is 18.1. The number of nitrogens with zero attached hydrogens (tertiary/aromatic N) is 2. The quantitative estimate of drug-likeness (QED) is 0.394. The van der Waals surface area contributed by atoms with Crippen molar-refractivity contribution in [2.45, 2.75) is 64.0 Å². The zero-order valence-electron chi connectivity index (χ0n) is 17.6. The van der Waals surface area contributed by atoms with Gasteiger partial charge in [-0.15, -0.1) is 11.6 Å². The number of hydrogen-bond acceptors (Lipinski definition) is 0. The molecule has 3 rings (SSSR count). The second kappa shape index (κ2) is 9.52. The van der Waals surface area contributed by atoms with E-state index in [1.807, 2.05) is 0 Å². The zero-order valence-corrected chi connectivity index (χ0v) is 18.4. The zero-order chi connectivity index (χ0) is 20.1. The molecule has 0 N–H and O–H groups in total.